The van der Waals surface area contributed by atoms with Gasteiger partial charge in [0, 0.05) is 12.3 Å². The SMILES string of the molecule is COC(=O)c1c(NS(=O)(=O)c2ccc(F)cc2CCC(C)=O)ccc2c1OCC1CC21. The smallest absolute Gasteiger partial charge is 0.343 e. The molecule has 0 saturated heterocycles. The summed E-state index contributed by atoms with van der Waals surface area (Å²) in [5, 5.41) is 0. The fourth-order valence-corrected chi connectivity index (χ4v) is 5.28. The molecule has 0 bridgehead atoms. The van der Waals surface area contributed by atoms with Gasteiger partial charge in [0.05, 0.1) is 24.3 Å². The maximum atomic E-state index is 13.8. The molecule has 2 aromatic carbocycles. The summed E-state index contributed by atoms with van der Waals surface area (Å²) in [6, 6.07) is 6.56. The molecule has 164 valence electrons. The Morgan fingerprint density at radius 1 is 1.26 bits per heavy atom. The quantitative estimate of drug-likeness (QED) is 0.653. The molecular weight excluding hydrogens is 425 g/mol. The molecule has 0 spiro atoms. The minimum absolute atomic E-state index is 0.0151. The lowest BCUT2D eigenvalue weighted by Crippen LogP contribution is -2.20. The summed E-state index contributed by atoms with van der Waals surface area (Å²) in [4.78, 5) is 23.7. The van der Waals surface area contributed by atoms with Gasteiger partial charge in [0.1, 0.15) is 22.9 Å². The number of hydrogen-bond donors (Lipinski definition) is 1. The van der Waals surface area contributed by atoms with Gasteiger partial charge in [-0.15, -0.1) is 0 Å². The standard InChI is InChI=1S/C22H22FNO6S/c1-12(25)3-4-13-9-15(23)5-8-19(13)31(27,28)24-18-7-6-16-17-10-14(17)11-30-21(16)20(18)22(26)29-2/h5-9,14,17,24H,3-4,10-11H2,1-2H3. The van der Waals surface area contributed by atoms with Crippen LogP contribution in [-0.2, 0) is 26.0 Å². The van der Waals surface area contributed by atoms with Gasteiger partial charge in [0.2, 0.25) is 0 Å². The molecule has 7 nitrogen and oxygen atoms in total. The van der Waals surface area contributed by atoms with Crippen LogP contribution in [0.3, 0.4) is 0 Å². The molecule has 1 heterocycles. The zero-order valence-electron chi connectivity index (χ0n) is 17.1. The van der Waals surface area contributed by atoms with Crippen LogP contribution >= 0.6 is 0 Å². The number of fused-ring (bicyclic) bond motifs is 3. The predicted octanol–water partition coefficient (Wildman–Crippen LogP) is 3.43. The second kappa shape index (κ2) is 7.96. The van der Waals surface area contributed by atoms with Crippen molar-refractivity contribution in [3.63, 3.8) is 0 Å². The van der Waals surface area contributed by atoms with Crippen molar-refractivity contribution < 1.29 is 31.9 Å². The van der Waals surface area contributed by atoms with Gasteiger partial charge < -0.3 is 14.3 Å². The van der Waals surface area contributed by atoms with Crippen molar-refractivity contribution >= 4 is 27.5 Å². The topological polar surface area (TPSA) is 98.8 Å². The van der Waals surface area contributed by atoms with Crippen LogP contribution in [0.5, 0.6) is 5.75 Å². The van der Waals surface area contributed by atoms with E-state index in [1.54, 1.807) is 6.07 Å². The molecule has 0 radical (unpaired) electrons. The van der Waals surface area contributed by atoms with E-state index in [-0.39, 0.29) is 40.3 Å². The highest BCUT2D eigenvalue weighted by Gasteiger charge is 2.45. The third-order valence-electron chi connectivity index (χ3n) is 5.64. The number of ether oxygens (including phenoxy) is 2. The molecule has 0 aromatic heterocycles. The van der Waals surface area contributed by atoms with E-state index in [1.165, 1.54) is 20.1 Å². The number of methoxy groups -OCH3 is 1. The Balaban J connectivity index is 1.74. The van der Waals surface area contributed by atoms with Gasteiger partial charge in [0.25, 0.3) is 10.0 Å². The molecule has 2 atom stereocenters. The molecule has 4 rings (SSSR count). The van der Waals surface area contributed by atoms with Gasteiger partial charge in [-0.2, -0.15) is 0 Å². The second-order valence-electron chi connectivity index (χ2n) is 7.87. The first-order chi connectivity index (χ1) is 14.7. The minimum atomic E-state index is -4.19. The van der Waals surface area contributed by atoms with Crippen molar-refractivity contribution in [2.75, 3.05) is 18.4 Å². The van der Waals surface area contributed by atoms with Crippen molar-refractivity contribution in [1.29, 1.82) is 0 Å². The Bertz CT molecular complexity index is 1180. The van der Waals surface area contributed by atoms with Crippen LogP contribution in [0.15, 0.2) is 35.2 Å². The molecular formula is C22H22FNO6S. The van der Waals surface area contributed by atoms with Crippen molar-refractivity contribution in [3.8, 4) is 5.75 Å². The first-order valence-electron chi connectivity index (χ1n) is 9.90. The second-order valence-corrected chi connectivity index (χ2v) is 9.52. The number of aryl methyl sites for hydroxylation is 1. The summed E-state index contributed by atoms with van der Waals surface area (Å²) in [6.07, 6.45) is 1.12. The minimum Gasteiger partial charge on any atom is -0.492 e. The van der Waals surface area contributed by atoms with E-state index >= 15 is 0 Å². The average molecular weight is 447 g/mol. The number of benzene rings is 2. The molecule has 0 amide bonds. The number of ketones is 1. The number of carbonyl (C=O) groups excluding carboxylic acids is 2. The van der Waals surface area contributed by atoms with E-state index in [0.29, 0.717) is 24.2 Å². The number of rotatable bonds is 7. The fraction of sp³-hybridized carbons (Fsp3) is 0.364. The Morgan fingerprint density at radius 2 is 2.03 bits per heavy atom. The number of sulfonamides is 1. The maximum absolute atomic E-state index is 13.8. The van der Waals surface area contributed by atoms with Gasteiger partial charge >= 0.3 is 5.97 Å². The van der Waals surface area contributed by atoms with E-state index < -0.39 is 21.8 Å². The van der Waals surface area contributed by atoms with Crippen LogP contribution in [0, 0.1) is 11.7 Å². The van der Waals surface area contributed by atoms with E-state index in [9.17, 15) is 22.4 Å². The lowest BCUT2D eigenvalue weighted by molar-refractivity contribution is -0.117. The number of esters is 1. The lowest BCUT2D eigenvalue weighted by Gasteiger charge is -2.22. The Hall–Kier alpha value is -2.94. The summed E-state index contributed by atoms with van der Waals surface area (Å²) < 4.78 is 53.2. The zero-order valence-corrected chi connectivity index (χ0v) is 17.9. The molecule has 2 aromatic rings. The molecule has 2 unspecified atom stereocenters. The van der Waals surface area contributed by atoms with Crippen LogP contribution in [0.4, 0.5) is 10.1 Å². The molecule has 9 heteroatoms. The van der Waals surface area contributed by atoms with Gasteiger partial charge in [-0.05, 0) is 61.1 Å². The van der Waals surface area contributed by atoms with Crippen LogP contribution in [0.25, 0.3) is 0 Å². The molecule has 2 aliphatic rings. The summed E-state index contributed by atoms with van der Waals surface area (Å²) in [7, 11) is -2.98. The van der Waals surface area contributed by atoms with Crippen LogP contribution < -0.4 is 9.46 Å². The van der Waals surface area contributed by atoms with Gasteiger partial charge in [0.15, 0.2) is 0 Å². The third kappa shape index (κ3) is 4.14. The molecule has 31 heavy (non-hydrogen) atoms. The van der Waals surface area contributed by atoms with Crippen molar-refractivity contribution in [3.05, 3.63) is 52.8 Å². The number of nitrogens with one attached hydrogen (secondary N) is 1. The lowest BCUT2D eigenvalue weighted by atomic mass is 10.0. The Kier molecular flexibility index (Phi) is 5.47. The summed E-state index contributed by atoms with van der Waals surface area (Å²) in [5.74, 6) is -0.407. The number of halogens is 1. The summed E-state index contributed by atoms with van der Waals surface area (Å²) in [6.45, 7) is 1.84. The highest BCUT2D eigenvalue weighted by molar-refractivity contribution is 7.92. The van der Waals surface area contributed by atoms with E-state index in [4.69, 9.17) is 9.47 Å². The third-order valence-corrected chi connectivity index (χ3v) is 7.11. The molecule has 1 aliphatic carbocycles. The number of carbonyl (C=O) groups is 2. The number of hydrogen-bond acceptors (Lipinski definition) is 6. The fourth-order valence-electron chi connectivity index (χ4n) is 3.96. The maximum Gasteiger partial charge on any atom is 0.343 e. The predicted molar refractivity (Wildman–Crippen MR) is 110 cm³/mol. The van der Waals surface area contributed by atoms with E-state index in [0.717, 1.165) is 30.2 Å². The van der Waals surface area contributed by atoms with Crippen LogP contribution in [0.2, 0.25) is 0 Å². The molecule has 1 aliphatic heterocycles. The van der Waals surface area contributed by atoms with Gasteiger partial charge in [-0.3, -0.25) is 4.72 Å². The monoisotopic (exact) mass is 447 g/mol. The zero-order chi connectivity index (χ0) is 22.3. The van der Waals surface area contributed by atoms with Gasteiger partial charge in [-0.25, -0.2) is 17.6 Å². The van der Waals surface area contributed by atoms with Crippen LogP contribution in [-0.4, -0.2) is 33.9 Å². The number of Topliss-reactive ketones (excluding diaryl/α,β-unsaturated/α-hetero) is 1. The Labute approximate surface area is 179 Å². The van der Waals surface area contributed by atoms with Crippen molar-refractivity contribution in [2.24, 2.45) is 5.92 Å². The highest BCUT2D eigenvalue weighted by Crippen LogP contribution is 2.55. The van der Waals surface area contributed by atoms with Crippen molar-refractivity contribution in [2.45, 2.75) is 37.0 Å². The molecule has 1 saturated carbocycles. The number of anilines is 1. The summed E-state index contributed by atoms with van der Waals surface area (Å²) in [5.41, 5.74) is 1.08. The first-order valence-corrected chi connectivity index (χ1v) is 11.4. The first kappa shape index (κ1) is 21.3. The largest absolute Gasteiger partial charge is 0.492 e. The molecule has 1 N–H and O–H groups in total. The average Bonchev–Trinajstić information content (AvgIpc) is 3.51. The molecule has 1 fully saturated rings. The van der Waals surface area contributed by atoms with Gasteiger partial charge in [-0.1, -0.05) is 6.07 Å². The van der Waals surface area contributed by atoms with E-state index in [2.05, 4.69) is 4.72 Å². The Morgan fingerprint density at radius 3 is 2.74 bits per heavy atom. The van der Waals surface area contributed by atoms with Crippen LogP contribution in [0.1, 0.15) is 47.2 Å². The summed E-state index contributed by atoms with van der Waals surface area (Å²) >= 11 is 0. The highest BCUT2D eigenvalue weighted by atomic mass is 32.2. The van der Waals surface area contributed by atoms with E-state index in [1.807, 2.05) is 0 Å². The van der Waals surface area contributed by atoms with Crippen molar-refractivity contribution in [1.82, 2.24) is 0 Å². The normalized spacial score (nSPS) is 18.9.